The lowest BCUT2D eigenvalue weighted by molar-refractivity contribution is -0.139. The first kappa shape index (κ1) is 25.3. The van der Waals surface area contributed by atoms with Gasteiger partial charge in [-0.15, -0.1) is 0 Å². The molecule has 182 valence electrons. The number of carbonyl (C=O) groups excluding carboxylic acids is 3. The Hall–Kier alpha value is -3.35. The van der Waals surface area contributed by atoms with Crippen LogP contribution in [0.5, 0.6) is 5.75 Å². The molecule has 34 heavy (non-hydrogen) atoms. The topological polar surface area (TPSA) is 84.9 Å². The molecule has 0 aliphatic carbocycles. The second-order valence-electron chi connectivity index (χ2n) is 9.11. The van der Waals surface area contributed by atoms with Gasteiger partial charge in [-0.2, -0.15) is 0 Å². The smallest absolute Gasteiger partial charge is 0.338 e. The maximum atomic E-state index is 12.6. The van der Waals surface area contributed by atoms with Crippen LogP contribution in [0.2, 0.25) is 0 Å². The van der Waals surface area contributed by atoms with Crippen molar-refractivity contribution in [2.75, 3.05) is 18.5 Å². The van der Waals surface area contributed by atoms with E-state index in [2.05, 4.69) is 19.2 Å². The van der Waals surface area contributed by atoms with Gasteiger partial charge >= 0.3 is 5.97 Å². The predicted octanol–water partition coefficient (Wildman–Crippen LogP) is 4.77. The summed E-state index contributed by atoms with van der Waals surface area (Å²) in [7, 11) is 0. The fraction of sp³-hybridized carbons (Fsp3) is 0.444. The third-order valence-electron chi connectivity index (χ3n) is 6.13. The molecule has 0 radical (unpaired) electrons. The van der Waals surface area contributed by atoms with E-state index >= 15 is 0 Å². The molecular weight excluding hydrogens is 432 g/mol. The van der Waals surface area contributed by atoms with Crippen LogP contribution in [0.25, 0.3) is 0 Å². The number of carbonyl (C=O) groups is 3. The average molecular weight is 467 g/mol. The highest BCUT2D eigenvalue weighted by atomic mass is 16.5. The molecule has 2 aromatic rings. The van der Waals surface area contributed by atoms with Gasteiger partial charge in [0.25, 0.3) is 11.8 Å². The molecule has 1 aliphatic rings. The van der Waals surface area contributed by atoms with Gasteiger partial charge < -0.3 is 19.7 Å². The Bertz CT molecular complexity index is 992. The van der Waals surface area contributed by atoms with E-state index in [-0.39, 0.29) is 37.1 Å². The molecule has 0 saturated carbocycles. The SMILES string of the molecule is CC(C)c1ccccc1NC(=O)COC(=O)c1ccc(OCC(=O)N2C(C)CCCC2C)cc1. The molecule has 3 rings (SSSR count). The van der Waals surface area contributed by atoms with Gasteiger partial charge in [0.1, 0.15) is 5.75 Å². The standard InChI is InChI=1S/C27H34N2O5/c1-18(2)23-10-5-6-11-24(23)28-25(30)16-34-27(32)21-12-14-22(15-13-21)33-17-26(31)29-19(3)8-7-9-20(29)4/h5-6,10-15,18-20H,7-9,16-17H2,1-4H3,(H,28,30). The fourth-order valence-corrected chi connectivity index (χ4v) is 4.33. The zero-order chi connectivity index (χ0) is 24.7. The lowest BCUT2D eigenvalue weighted by atomic mass is 9.97. The number of amides is 2. The molecule has 1 aliphatic heterocycles. The first-order valence-electron chi connectivity index (χ1n) is 11.9. The molecule has 2 unspecified atom stereocenters. The van der Waals surface area contributed by atoms with Crippen LogP contribution in [-0.4, -0.2) is 48.0 Å². The third-order valence-corrected chi connectivity index (χ3v) is 6.13. The number of hydrogen-bond donors (Lipinski definition) is 1. The first-order chi connectivity index (χ1) is 16.3. The number of anilines is 1. The zero-order valence-electron chi connectivity index (χ0n) is 20.4. The van der Waals surface area contributed by atoms with Crippen molar-refractivity contribution in [2.45, 2.75) is 65.0 Å². The van der Waals surface area contributed by atoms with Gasteiger partial charge in [0.05, 0.1) is 5.56 Å². The molecule has 7 heteroatoms. The summed E-state index contributed by atoms with van der Waals surface area (Å²) in [5.74, 6) is -0.299. The molecule has 1 fully saturated rings. The second kappa shape index (κ2) is 11.7. The van der Waals surface area contributed by atoms with Crippen molar-refractivity contribution >= 4 is 23.5 Å². The molecular formula is C27H34N2O5. The number of esters is 1. The monoisotopic (exact) mass is 466 g/mol. The van der Waals surface area contributed by atoms with Gasteiger partial charge in [0.15, 0.2) is 13.2 Å². The average Bonchev–Trinajstić information content (AvgIpc) is 2.81. The fourth-order valence-electron chi connectivity index (χ4n) is 4.33. The maximum Gasteiger partial charge on any atom is 0.338 e. The summed E-state index contributed by atoms with van der Waals surface area (Å²) in [6.07, 6.45) is 3.15. The molecule has 2 aromatic carbocycles. The van der Waals surface area contributed by atoms with Crippen molar-refractivity contribution in [1.82, 2.24) is 4.90 Å². The number of hydrogen-bond acceptors (Lipinski definition) is 5. The second-order valence-corrected chi connectivity index (χ2v) is 9.11. The minimum Gasteiger partial charge on any atom is -0.484 e. The van der Waals surface area contributed by atoms with Crippen molar-refractivity contribution in [3.63, 3.8) is 0 Å². The summed E-state index contributed by atoms with van der Waals surface area (Å²) < 4.78 is 10.8. The summed E-state index contributed by atoms with van der Waals surface area (Å²) in [6.45, 7) is 7.79. The van der Waals surface area contributed by atoms with Crippen LogP contribution in [0.1, 0.15) is 68.8 Å². The van der Waals surface area contributed by atoms with E-state index in [1.54, 1.807) is 24.3 Å². The molecule has 1 saturated heterocycles. The minimum absolute atomic E-state index is 0.0340. The zero-order valence-corrected chi connectivity index (χ0v) is 20.4. The summed E-state index contributed by atoms with van der Waals surface area (Å²) in [5, 5.41) is 2.80. The van der Waals surface area contributed by atoms with Crippen molar-refractivity contribution in [1.29, 1.82) is 0 Å². The van der Waals surface area contributed by atoms with Crippen molar-refractivity contribution in [3.05, 3.63) is 59.7 Å². The minimum atomic E-state index is -0.606. The molecule has 0 spiro atoms. The lowest BCUT2D eigenvalue weighted by Crippen LogP contribution is -2.49. The van der Waals surface area contributed by atoms with Crippen molar-refractivity contribution < 1.29 is 23.9 Å². The van der Waals surface area contributed by atoms with Gasteiger partial charge in [-0.25, -0.2) is 4.79 Å². The van der Waals surface area contributed by atoms with Gasteiger partial charge in [-0.05, 0) is 74.9 Å². The largest absolute Gasteiger partial charge is 0.484 e. The van der Waals surface area contributed by atoms with Gasteiger partial charge in [0, 0.05) is 17.8 Å². The Morgan fingerprint density at radius 2 is 1.62 bits per heavy atom. The number of rotatable bonds is 8. The Balaban J connectivity index is 1.47. The Morgan fingerprint density at radius 3 is 2.26 bits per heavy atom. The Morgan fingerprint density at radius 1 is 0.971 bits per heavy atom. The van der Waals surface area contributed by atoms with E-state index in [9.17, 15) is 14.4 Å². The number of benzene rings is 2. The lowest BCUT2D eigenvalue weighted by Gasteiger charge is -2.38. The van der Waals surface area contributed by atoms with Crippen LogP contribution < -0.4 is 10.1 Å². The summed E-state index contributed by atoms with van der Waals surface area (Å²) in [4.78, 5) is 39.1. The Kier molecular flexibility index (Phi) is 8.68. The Labute approximate surface area is 201 Å². The van der Waals surface area contributed by atoms with Gasteiger partial charge in [-0.3, -0.25) is 9.59 Å². The third kappa shape index (κ3) is 6.59. The van der Waals surface area contributed by atoms with E-state index in [4.69, 9.17) is 9.47 Å². The summed E-state index contributed by atoms with van der Waals surface area (Å²) >= 11 is 0. The molecule has 2 amide bonds. The number of ether oxygens (including phenoxy) is 2. The van der Waals surface area contributed by atoms with Crippen LogP contribution in [0, 0.1) is 0 Å². The van der Waals surface area contributed by atoms with Crippen LogP contribution in [-0.2, 0) is 14.3 Å². The van der Waals surface area contributed by atoms with Gasteiger partial charge in [0.2, 0.25) is 0 Å². The molecule has 1 heterocycles. The highest BCUT2D eigenvalue weighted by molar-refractivity contribution is 5.96. The van der Waals surface area contributed by atoms with Crippen LogP contribution >= 0.6 is 0 Å². The summed E-state index contributed by atoms with van der Waals surface area (Å²) in [5.41, 5.74) is 2.02. The van der Waals surface area contributed by atoms with Crippen molar-refractivity contribution in [3.8, 4) is 5.75 Å². The van der Waals surface area contributed by atoms with Crippen LogP contribution in [0.4, 0.5) is 5.69 Å². The predicted molar refractivity (Wildman–Crippen MR) is 131 cm³/mol. The number of nitrogens with zero attached hydrogens (tertiary/aromatic N) is 1. The maximum absolute atomic E-state index is 12.6. The normalized spacial score (nSPS) is 17.9. The van der Waals surface area contributed by atoms with Gasteiger partial charge in [-0.1, -0.05) is 32.0 Å². The van der Waals surface area contributed by atoms with E-state index in [0.29, 0.717) is 17.0 Å². The van der Waals surface area contributed by atoms with Crippen LogP contribution in [0.15, 0.2) is 48.5 Å². The number of nitrogens with one attached hydrogen (secondary N) is 1. The number of likely N-dealkylation sites (tertiary alicyclic amines) is 1. The molecule has 1 N–H and O–H groups in total. The van der Waals surface area contributed by atoms with E-state index in [0.717, 1.165) is 24.8 Å². The first-order valence-corrected chi connectivity index (χ1v) is 11.9. The van der Waals surface area contributed by atoms with E-state index < -0.39 is 11.9 Å². The summed E-state index contributed by atoms with van der Waals surface area (Å²) in [6, 6.07) is 14.3. The molecule has 2 atom stereocenters. The van der Waals surface area contributed by atoms with E-state index in [1.807, 2.05) is 43.0 Å². The molecule has 0 bridgehead atoms. The number of piperidine rings is 1. The van der Waals surface area contributed by atoms with Crippen molar-refractivity contribution in [2.24, 2.45) is 0 Å². The quantitative estimate of drug-likeness (QED) is 0.566. The highest BCUT2D eigenvalue weighted by Crippen LogP contribution is 2.24. The van der Waals surface area contributed by atoms with Crippen LogP contribution in [0.3, 0.4) is 0 Å². The van der Waals surface area contributed by atoms with E-state index in [1.165, 1.54) is 0 Å². The molecule has 0 aromatic heterocycles. The highest BCUT2D eigenvalue weighted by Gasteiger charge is 2.29. The molecule has 7 nitrogen and oxygen atoms in total. The number of para-hydroxylation sites is 1.